The van der Waals surface area contributed by atoms with Gasteiger partial charge < -0.3 is 5.11 Å². The van der Waals surface area contributed by atoms with Gasteiger partial charge in [0.05, 0.1) is 11.3 Å². The van der Waals surface area contributed by atoms with Gasteiger partial charge in [-0.2, -0.15) is 12.7 Å². The van der Waals surface area contributed by atoms with Crippen LogP contribution in [0.2, 0.25) is 0 Å². The fourth-order valence-electron chi connectivity index (χ4n) is 2.62. The van der Waals surface area contributed by atoms with Gasteiger partial charge in [-0.25, -0.2) is 4.79 Å². The van der Waals surface area contributed by atoms with Crippen molar-refractivity contribution in [2.45, 2.75) is 26.7 Å². The highest BCUT2D eigenvalue weighted by Crippen LogP contribution is 2.31. The van der Waals surface area contributed by atoms with Crippen LogP contribution in [0.25, 0.3) is 0 Å². The van der Waals surface area contributed by atoms with Crippen molar-refractivity contribution >= 4 is 21.9 Å². The second kappa shape index (κ2) is 6.03. The van der Waals surface area contributed by atoms with Crippen molar-refractivity contribution in [3.8, 4) is 0 Å². The first-order chi connectivity index (χ1) is 9.91. The molecule has 7 heteroatoms. The van der Waals surface area contributed by atoms with Gasteiger partial charge in [-0.15, -0.1) is 0 Å². The third-order valence-electron chi connectivity index (χ3n) is 3.71. The lowest BCUT2D eigenvalue weighted by molar-refractivity contribution is 0.0696. The van der Waals surface area contributed by atoms with E-state index < -0.39 is 16.2 Å². The van der Waals surface area contributed by atoms with E-state index in [-0.39, 0.29) is 5.56 Å². The summed E-state index contributed by atoms with van der Waals surface area (Å²) in [5, 5.41) is 9.04. The number of anilines is 1. The lowest BCUT2D eigenvalue weighted by Gasteiger charge is -2.34. The Kier molecular flexibility index (Phi) is 4.53. The van der Waals surface area contributed by atoms with Crippen molar-refractivity contribution in [2.75, 3.05) is 23.9 Å². The number of benzene rings is 1. The lowest BCUT2D eigenvalue weighted by atomic mass is 10.0. The molecule has 116 valence electrons. The Bertz CT molecular complexity index is 638. The average Bonchev–Trinajstić information content (AvgIpc) is 2.46. The summed E-state index contributed by atoms with van der Waals surface area (Å²) in [6.07, 6.45) is 1.39. The second-order valence-electron chi connectivity index (χ2n) is 4.92. The van der Waals surface area contributed by atoms with Crippen LogP contribution < -0.4 is 4.31 Å². The van der Waals surface area contributed by atoms with Crippen molar-refractivity contribution < 1.29 is 18.3 Å². The summed E-state index contributed by atoms with van der Waals surface area (Å²) >= 11 is 0. The number of carboxylic acids is 1. The molecule has 0 aliphatic carbocycles. The highest BCUT2D eigenvalue weighted by atomic mass is 32.2. The van der Waals surface area contributed by atoms with E-state index in [1.165, 1.54) is 14.7 Å². The maximum Gasteiger partial charge on any atom is 0.335 e. The van der Waals surface area contributed by atoms with E-state index in [0.717, 1.165) is 5.56 Å². The van der Waals surface area contributed by atoms with Crippen molar-refractivity contribution in [2.24, 2.45) is 0 Å². The molecule has 0 aromatic heterocycles. The molecule has 0 atom stereocenters. The first-order valence-corrected chi connectivity index (χ1v) is 8.45. The van der Waals surface area contributed by atoms with Crippen molar-refractivity contribution in [3.63, 3.8) is 0 Å². The van der Waals surface area contributed by atoms with Crippen LogP contribution >= 0.6 is 0 Å². The molecule has 1 aromatic rings. The van der Waals surface area contributed by atoms with Gasteiger partial charge in [-0.3, -0.25) is 4.31 Å². The summed E-state index contributed by atoms with van der Waals surface area (Å²) in [4.78, 5) is 11.0. The molecule has 1 aromatic carbocycles. The summed E-state index contributed by atoms with van der Waals surface area (Å²) in [7, 11) is -3.55. The summed E-state index contributed by atoms with van der Waals surface area (Å²) in [5.41, 5.74) is 1.56. The predicted molar refractivity (Wildman–Crippen MR) is 80.9 cm³/mol. The van der Waals surface area contributed by atoms with E-state index in [1.54, 1.807) is 26.0 Å². The Labute approximate surface area is 125 Å². The van der Waals surface area contributed by atoms with Gasteiger partial charge in [0, 0.05) is 19.6 Å². The van der Waals surface area contributed by atoms with E-state index in [1.807, 2.05) is 0 Å². The van der Waals surface area contributed by atoms with Gasteiger partial charge in [0.15, 0.2) is 0 Å². The maximum absolute atomic E-state index is 12.7. The standard InChI is InChI=1S/C14H20N2O4S/c1-3-15(4-2)21(19,20)16-9-5-6-11-10-12(14(17)18)7-8-13(11)16/h7-8,10H,3-6,9H2,1-2H3,(H,17,18). The quantitative estimate of drug-likeness (QED) is 0.898. The highest BCUT2D eigenvalue weighted by molar-refractivity contribution is 7.90. The van der Waals surface area contributed by atoms with E-state index >= 15 is 0 Å². The highest BCUT2D eigenvalue weighted by Gasteiger charge is 2.31. The maximum atomic E-state index is 12.7. The van der Waals surface area contributed by atoms with Crippen LogP contribution in [0.4, 0.5) is 5.69 Å². The van der Waals surface area contributed by atoms with Crippen molar-refractivity contribution in [1.29, 1.82) is 0 Å². The number of fused-ring (bicyclic) bond motifs is 1. The fourth-order valence-corrected chi connectivity index (χ4v) is 4.34. The van der Waals surface area contributed by atoms with Crippen LogP contribution in [0.15, 0.2) is 18.2 Å². The Hall–Kier alpha value is -1.60. The zero-order valence-electron chi connectivity index (χ0n) is 12.2. The minimum absolute atomic E-state index is 0.191. The molecule has 0 bridgehead atoms. The number of carboxylic acid groups (broad SMARTS) is 1. The monoisotopic (exact) mass is 312 g/mol. The molecule has 1 aliphatic rings. The van der Waals surface area contributed by atoms with Gasteiger partial charge >= 0.3 is 16.2 Å². The molecular weight excluding hydrogens is 292 g/mol. The van der Waals surface area contributed by atoms with Crippen LogP contribution in [0.3, 0.4) is 0 Å². The summed E-state index contributed by atoms with van der Waals surface area (Å²) < 4.78 is 28.1. The molecule has 1 aliphatic heterocycles. The zero-order chi connectivity index (χ0) is 15.6. The van der Waals surface area contributed by atoms with Gasteiger partial charge in [0.2, 0.25) is 0 Å². The Balaban J connectivity index is 2.45. The molecule has 0 fully saturated rings. The van der Waals surface area contributed by atoms with Gasteiger partial charge in [-0.05, 0) is 36.6 Å². The molecule has 2 rings (SSSR count). The molecule has 0 unspecified atom stereocenters. The van der Waals surface area contributed by atoms with Crippen LogP contribution in [-0.2, 0) is 16.6 Å². The number of hydrogen-bond acceptors (Lipinski definition) is 3. The fraction of sp³-hybridized carbons (Fsp3) is 0.500. The van der Waals surface area contributed by atoms with Crippen LogP contribution in [0, 0.1) is 0 Å². The lowest BCUT2D eigenvalue weighted by Crippen LogP contribution is -2.46. The predicted octanol–water partition coefficient (Wildman–Crippen LogP) is 1.72. The minimum atomic E-state index is -3.55. The smallest absolute Gasteiger partial charge is 0.335 e. The summed E-state index contributed by atoms with van der Waals surface area (Å²) in [5.74, 6) is -0.999. The molecule has 0 saturated carbocycles. The third-order valence-corrected chi connectivity index (χ3v) is 5.82. The normalized spacial score (nSPS) is 15.1. The van der Waals surface area contributed by atoms with E-state index in [0.29, 0.717) is 38.2 Å². The summed E-state index contributed by atoms with van der Waals surface area (Å²) in [6.45, 7) is 4.87. The summed E-state index contributed by atoms with van der Waals surface area (Å²) in [6, 6.07) is 4.62. The Morgan fingerprint density at radius 3 is 2.57 bits per heavy atom. The van der Waals surface area contributed by atoms with Crippen LogP contribution in [0.1, 0.15) is 36.2 Å². The molecule has 0 saturated heterocycles. The molecule has 0 radical (unpaired) electrons. The van der Waals surface area contributed by atoms with Crippen LogP contribution in [-0.4, -0.2) is 43.4 Å². The number of carbonyl (C=O) groups is 1. The number of aromatic carboxylic acids is 1. The number of hydrogen-bond donors (Lipinski definition) is 1. The molecular formula is C14H20N2O4S. The SMILES string of the molecule is CCN(CC)S(=O)(=O)N1CCCc2cc(C(=O)O)ccc21. The topological polar surface area (TPSA) is 77.9 Å². The van der Waals surface area contributed by atoms with E-state index in [2.05, 4.69) is 0 Å². The largest absolute Gasteiger partial charge is 0.478 e. The van der Waals surface area contributed by atoms with Crippen LogP contribution in [0.5, 0.6) is 0 Å². The van der Waals surface area contributed by atoms with E-state index in [9.17, 15) is 13.2 Å². The number of aryl methyl sites for hydroxylation is 1. The molecule has 0 spiro atoms. The molecule has 1 N–H and O–H groups in total. The Morgan fingerprint density at radius 2 is 2.00 bits per heavy atom. The third kappa shape index (κ3) is 2.89. The number of rotatable bonds is 5. The van der Waals surface area contributed by atoms with E-state index in [4.69, 9.17) is 5.11 Å². The Morgan fingerprint density at radius 1 is 1.33 bits per heavy atom. The second-order valence-corrected chi connectivity index (χ2v) is 6.77. The number of nitrogens with zero attached hydrogens (tertiary/aromatic N) is 2. The molecule has 1 heterocycles. The molecule has 0 amide bonds. The average molecular weight is 312 g/mol. The first kappa shape index (κ1) is 15.8. The van der Waals surface area contributed by atoms with Crippen molar-refractivity contribution in [1.82, 2.24) is 4.31 Å². The van der Waals surface area contributed by atoms with Gasteiger partial charge in [0.1, 0.15) is 0 Å². The minimum Gasteiger partial charge on any atom is -0.478 e. The first-order valence-electron chi connectivity index (χ1n) is 7.05. The van der Waals surface area contributed by atoms with Gasteiger partial charge in [0.25, 0.3) is 0 Å². The zero-order valence-corrected chi connectivity index (χ0v) is 13.1. The molecule has 21 heavy (non-hydrogen) atoms. The van der Waals surface area contributed by atoms with Crippen molar-refractivity contribution in [3.05, 3.63) is 29.3 Å². The molecule has 6 nitrogen and oxygen atoms in total. The van der Waals surface area contributed by atoms with Gasteiger partial charge in [-0.1, -0.05) is 13.8 Å².